The van der Waals surface area contributed by atoms with Crippen LogP contribution in [0.5, 0.6) is 0 Å². The molecule has 1 saturated heterocycles. The molecule has 0 radical (unpaired) electrons. The number of aliphatic carboxylic acids is 1. The Bertz CT molecular complexity index is 327. The number of hydrogen-bond donors (Lipinski definition) is 1. The van der Waals surface area contributed by atoms with Gasteiger partial charge < -0.3 is 10.0 Å². The molecule has 104 valence electrons. The first-order valence-corrected chi connectivity index (χ1v) is 6.78. The van der Waals surface area contributed by atoms with Crippen LogP contribution in [0, 0.1) is 17.3 Å². The van der Waals surface area contributed by atoms with Gasteiger partial charge in [0.25, 0.3) is 0 Å². The topological polar surface area (TPSA) is 57.6 Å². The highest BCUT2D eigenvalue weighted by Crippen LogP contribution is 2.32. The summed E-state index contributed by atoms with van der Waals surface area (Å²) in [6.07, 6.45) is 2.29. The molecule has 4 nitrogen and oxygen atoms in total. The maximum atomic E-state index is 12.2. The summed E-state index contributed by atoms with van der Waals surface area (Å²) in [5, 5.41) is 9.33. The van der Waals surface area contributed by atoms with Crippen molar-refractivity contribution in [1.29, 1.82) is 0 Å². The van der Waals surface area contributed by atoms with Gasteiger partial charge in [-0.25, -0.2) is 0 Å². The van der Waals surface area contributed by atoms with Crippen LogP contribution in [0.25, 0.3) is 0 Å². The molecule has 0 aromatic rings. The Kier molecular flexibility index (Phi) is 4.77. The van der Waals surface area contributed by atoms with Gasteiger partial charge in [-0.3, -0.25) is 9.59 Å². The Labute approximate surface area is 109 Å². The Balaban J connectivity index is 2.70. The summed E-state index contributed by atoms with van der Waals surface area (Å²) in [5.41, 5.74) is -0.961. The second-order valence-corrected chi connectivity index (χ2v) is 6.14. The van der Waals surface area contributed by atoms with E-state index >= 15 is 0 Å². The van der Waals surface area contributed by atoms with Gasteiger partial charge in [0, 0.05) is 19.5 Å². The van der Waals surface area contributed by atoms with Crippen molar-refractivity contribution < 1.29 is 14.7 Å². The van der Waals surface area contributed by atoms with Gasteiger partial charge in [0.15, 0.2) is 0 Å². The molecule has 0 saturated carbocycles. The van der Waals surface area contributed by atoms with E-state index in [1.165, 1.54) is 0 Å². The highest BCUT2D eigenvalue weighted by molar-refractivity contribution is 5.85. The minimum atomic E-state index is -0.961. The third-order valence-corrected chi connectivity index (χ3v) is 4.29. The Morgan fingerprint density at radius 1 is 1.44 bits per heavy atom. The first kappa shape index (κ1) is 15.0. The molecule has 0 spiro atoms. The lowest BCUT2D eigenvalue weighted by atomic mass is 9.76. The molecule has 0 aromatic heterocycles. The molecule has 1 heterocycles. The molecule has 1 fully saturated rings. The summed E-state index contributed by atoms with van der Waals surface area (Å²) in [4.78, 5) is 25.4. The van der Waals surface area contributed by atoms with E-state index in [0.717, 1.165) is 25.9 Å². The number of carboxylic acid groups (broad SMARTS) is 1. The monoisotopic (exact) mass is 255 g/mol. The molecule has 1 amide bonds. The van der Waals surface area contributed by atoms with Crippen LogP contribution in [0.1, 0.15) is 47.0 Å². The second kappa shape index (κ2) is 5.72. The normalized spacial score (nSPS) is 23.8. The van der Waals surface area contributed by atoms with Crippen molar-refractivity contribution in [2.75, 3.05) is 13.1 Å². The molecule has 2 atom stereocenters. The predicted molar refractivity (Wildman–Crippen MR) is 70.2 cm³/mol. The first-order chi connectivity index (χ1) is 8.27. The van der Waals surface area contributed by atoms with Crippen LogP contribution in [0.3, 0.4) is 0 Å². The number of piperidine rings is 1. The van der Waals surface area contributed by atoms with Crippen LogP contribution >= 0.6 is 0 Å². The largest absolute Gasteiger partial charge is 0.481 e. The molecule has 2 unspecified atom stereocenters. The molecule has 1 aliphatic rings. The highest BCUT2D eigenvalue weighted by Gasteiger charge is 2.40. The maximum absolute atomic E-state index is 12.2. The van der Waals surface area contributed by atoms with Gasteiger partial charge in [0.1, 0.15) is 0 Å². The fourth-order valence-corrected chi connectivity index (χ4v) is 2.37. The zero-order chi connectivity index (χ0) is 13.9. The summed E-state index contributed by atoms with van der Waals surface area (Å²) >= 11 is 0. The van der Waals surface area contributed by atoms with Crippen molar-refractivity contribution in [3.05, 3.63) is 0 Å². The smallest absolute Gasteiger partial charge is 0.310 e. The minimum absolute atomic E-state index is 0.0137. The molecular weight excluding hydrogens is 230 g/mol. The number of likely N-dealkylation sites (tertiary alicyclic amines) is 1. The van der Waals surface area contributed by atoms with Crippen LogP contribution in [-0.4, -0.2) is 35.0 Å². The summed E-state index contributed by atoms with van der Waals surface area (Å²) < 4.78 is 0. The number of carbonyl (C=O) groups excluding carboxylic acids is 1. The van der Waals surface area contributed by atoms with E-state index in [1.54, 1.807) is 6.92 Å². The van der Waals surface area contributed by atoms with E-state index in [9.17, 15) is 14.7 Å². The maximum Gasteiger partial charge on any atom is 0.310 e. The lowest BCUT2D eigenvalue weighted by Gasteiger charge is -2.35. The van der Waals surface area contributed by atoms with Crippen molar-refractivity contribution in [2.24, 2.45) is 17.3 Å². The standard InChI is InChI=1S/C14H25NO3/c1-10(2)14(4,13(17)18)8-12(16)15-7-5-6-11(3)9-15/h10-11H,5-9H2,1-4H3,(H,17,18). The summed E-state index contributed by atoms with van der Waals surface area (Å²) in [5.74, 6) is -0.421. The predicted octanol–water partition coefficient (Wildman–Crippen LogP) is 2.38. The summed E-state index contributed by atoms with van der Waals surface area (Å²) in [7, 11) is 0. The molecule has 18 heavy (non-hydrogen) atoms. The van der Waals surface area contributed by atoms with Gasteiger partial charge >= 0.3 is 5.97 Å². The van der Waals surface area contributed by atoms with Crippen LogP contribution in [-0.2, 0) is 9.59 Å². The molecule has 0 aliphatic carbocycles. The van der Waals surface area contributed by atoms with E-state index in [1.807, 2.05) is 18.7 Å². The average Bonchev–Trinajstić information content (AvgIpc) is 2.28. The molecular formula is C14H25NO3. The Morgan fingerprint density at radius 3 is 2.50 bits per heavy atom. The van der Waals surface area contributed by atoms with Gasteiger partial charge in [-0.2, -0.15) is 0 Å². The number of rotatable bonds is 4. The van der Waals surface area contributed by atoms with Crippen molar-refractivity contribution in [1.82, 2.24) is 4.90 Å². The third-order valence-electron chi connectivity index (χ3n) is 4.29. The molecule has 0 aromatic carbocycles. The molecule has 1 rings (SSSR count). The van der Waals surface area contributed by atoms with E-state index < -0.39 is 11.4 Å². The zero-order valence-corrected chi connectivity index (χ0v) is 11.9. The van der Waals surface area contributed by atoms with Gasteiger partial charge in [0.05, 0.1) is 5.41 Å². The van der Waals surface area contributed by atoms with Gasteiger partial charge in [0.2, 0.25) is 5.91 Å². The number of amides is 1. The quantitative estimate of drug-likeness (QED) is 0.839. The second-order valence-electron chi connectivity index (χ2n) is 6.14. The van der Waals surface area contributed by atoms with Crippen molar-refractivity contribution >= 4 is 11.9 Å². The van der Waals surface area contributed by atoms with Gasteiger partial charge in [-0.1, -0.05) is 20.8 Å². The molecule has 0 bridgehead atoms. The average molecular weight is 255 g/mol. The summed E-state index contributed by atoms with van der Waals surface area (Å²) in [6.45, 7) is 9.08. The third kappa shape index (κ3) is 3.24. The Hall–Kier alpha value is -1.06. The van der Waals surface area contributed by atoms with Crippen LogP contribution in [0.4, 0.5) is 0 Å². The first-order valence-electron chi connectivity index (χ1n) is 6.78. The SMILES string of the molecule is CC1CCCN(C(=O)CC(C)(C(=O)O)C(C)C)C1. The van der Waals surface area contributed by atoms with Crippen LogP contribution < -0.4 is 0 Å². The lowest BCUT2D eigenvalue weighted by molar-refractivity contribution is -0.156. The molecule has 1 N–H and O–H groups in total. The van der Waals surface area contributed by atoms with E-state index in [2.05, 4.69) is 6.92 Å². The van der Waals surface area contributed by atoms with Crippen molar-refractivity contribution in [3.63, 3.8) is 0 Å². The fraction of sp³-hybridized carbons (Fsp3) is 0.857. The van der Waals surface area contributed by atoms with E-state index in [4.69, 9.17) is 0 Å². The number of carbonyl (C=O) groups is 2. The molecule has 1 aliphatic heterocycles. The van der Waals surface area contributed by atoms with Gasteiger partial charge in [-0.05, 0) is 31.6 Å². The number of hydrogen-bond acceptors (Lipinski definition) is 2. The Morgan fingerprint density at radius 2 is 2.06 bits per heavy atom. The van der Waals surface area contributed by atoms with Crippen LogP contribution in [0.15, 0.2) is 0 Å². The van der Waals surface area contributed by atoms with Crippen molar-refractivity contribution in [3.8, 4) is 0 Å². The highest BCUT2D eigenvalue weighted by atomic mass is 16.4. The van der Waals surface area contributed by atoms with E-state index in [-0.39, 0.29) is 18.2 Å². The fourth-order valence-electron chi connectivity index (χ4n) is 2.37. The van der Waals surface area contributed by atoms with Gasteiger partial charge in [-0.15, -0.1) is 0 Å². The van der Waals surface area contributed by atoms with Crippen molar-refractivity contribution in [2.45, 2.75) is 47.0 Å². The summed E-state index contributed by atoms with van der Waals surface area (Å²) in [6, 6.07) is 0. The molecule has 4 heteroatoms. The van der Waals surface area contributed by atoms with Crippen LogP contribution in [0.2, 0.25) is 0 Å². The van der Waals surface area contributed by atoms with E-state index in [0.29, 0.717) is 5.92 Å². The minimum Gasteiger partial charge on any atom is -0.481 e. The number of carboxylic acids is 1. The number of nitrogens with zero attached hydrogens (tertiary/aromatic N) is 1. The lowest BCUT2D eigenvalue weighted by Crippen LogP contribution is -2.44. The zero-order valence-electron chi connectivity index (χ0n) is 11.9.